The van der Waals surface area contributed by atoms with Crippen molar-refractivity contribution in [3.8, 4) is 11.5 Å². The molecule has 0 fully saturated rings. The Morgan fingerprint density at radius 2 is 2.00 bits per heavy atom. The Bertz CT molecular complexity index is 1100. The number of carboxylic acids is 1. The first-order valence-corrected chi connectivity index (χ1v) is 9.06. The summed E-state index contributed by atoms with van der Waals surface area (Å²) in [4.78, 5) is 30.1. The number of nitro benzene ring substituents is 1. The zero-order valence-corrected chi connectivity index (χ0v) is 15.3. The van der Waals surface area contributed by atoms with Crippen LogP contribution in [0.1, 0.15) is 15.9 Å². The molecule has 4 rings (SSSR count). The van der Waals surface area contributed by atoms with Gasteiger partial charge in [0, 0.05) is 11.6 Å². The van der Waals surface area contributed by atoms with Crippen LogP contribution < -0.4 is 4.74 Å². The molecule has 0 bridgehead atoms. The quantitative estimate of drug-likeness (QED) is 0.562. The second-order valence-corrected chi connectivity index (χ2v) is 7.03. The van der Waals surface area contributed by atoms with E-state index in [0.717, 1.165) is 5.06 Å². The number of ether oxygens (including phenoxy) is 1. The maximum Gasteiger partial charge on any atom is 0.335 e. The smallest absolute Gasteiger partial charge is 0.335 e. The number of benzene rings is 2. The standard InChI is InChI=1S/C18H12N4O6S/c23-18(24)10-1-4-12(5-2-10)28-15-6-3-11(7-14(15)22(26)27)16-20-13-8-19-9-21(25)17(13)29-16/h1-9,17,25H,(H,23,24). The number of aromatic carboxylic acids is 1. The van der Waals surface area contributed by atoms with Gasteiger partial charge in [0.25, 0.3) is 0 Å². The summed E-state index contributed by atoms with van der Waals surface area (Å²) in [5.74, 6) is -0.805. The molecular formula is C18H12N4O6S. The van der Waals surface area contributed by atoms with E-state index in [4.69, 9.17) is 9.84 Å². The third-order valence-corrected chi connectivity index (χ3v) is 5.30. The summed E-state index contributed by atoms with van der Waals surface area (Å²) in [6.45, 7) is 0. The highest BCUT2D eigenvalue weighted by molar-refractivity contribution is 8.15. The van der Waals surface area contributed by atoms with Gasteiger partial charge in [-0.2, -0.15) is 0 Å². The Hall–Kier alpha value is -3.70. The third-order valence-electron chi connectivity index (χ3n) is 4.07. The molecule has 2 aliphatic rings. The highest BCUT2D eigenvalue weighted by Crippen LogP contribution is 2.38. The van der Waals surface area contributed by atoms with Crippen LogP contribution in [-0.2, 0) is 0 Å². The van der Waals surface area contributed by atoms with Crippen molar-refractivity contribution in [3.05, 3.63) is 75.6 Å². The van der Waals surface area contributed by atoms with Crippen LogP contribution >= 0.6 is 11.8 Å². The summed E-state index contributed by atoms with van der Waals surface area (Å²) in [5.41, 5.74) is 0.848. The second-order valence-electron chi connectivity index (χ2n) is 5.96. The topological polar surface area (TPSA) is 138 Å². The van der Waals surface area contributed by atoms with Crippen molar-refractivity contribution in [2.24, 2.45) is 9.98 Å². The number of hydrogen-bond acceptors (Lipinski definition) is 9. The number of hydroxylamine groups is 2. The van der Waals surface area contributed by atoms with Crippen LogP contribution in [0.25, 0.3) is 0 Å². The fourth-order valence-electron chi connectivity index (χ4n) is 2.69. The van der Waals surface area contributed by atoms with E-state index >= 15 is 0 Å². The molecule has 0 aromatic heterocycles. The molecular weight excluding hydrogens is 400 g/mol. The predicted molar refractivity (Wildman–Crippen MR) is 105 cm³/mol. The van der Waals surface area contributed by atoms with Crippen molar-refractivity contribution in [1.29, 1.82) is 0 Å². The number of hydrogen-bond donors (Lipinski definition) is 2. The van der Waals surface area contributed by atoms with Gasteiger partial charge in [-0.1, -0.05) is 11.8 Å². The lowest BCUT2D eigenvalue weighted by atomic mass is 10.2. The molecule has 2 aromatic rings. The number of fused-ring (bicyclic) bond motifs is 1. The van der Waals surface area contributed by atoms with E-state index in [9.17, 15) is 20.1 Å². The molecule has 2 aliphatic heterocycles. The van der Waals surface area contributed by atoms with E-state index in [-0.39, 0.29) is 22.7 Å². The van der Waals surface area contributed by atoms with Crippen LogP contribution in [0.3, 0.4) is 0 Å². The first-order chi connectivity index (χ1) is 13.9. The van der Waals surface area contributed by atoms with Gasteiger partial charge >= 0.3 is 11.7 Å². The number of carbonyl (C=O) groups is 1. The largest absolute Gasteiger partial charge is 0.478 e. The maximum absolute atomic E-state index is 11.5. The highest BCUT2D eigenvalue weighted by atomic mass is 32.2. The second kappa shape index (κ2) is 7.37. The summed E-state index contributed by atoms with van der Waals surface area (Å²) >= 11 is 1.24. The van der Waals surface area contributed by atoms with Gasteiger partial charge in [0.1, 0.15) is 17.1 Å². The molecule has 2 N–H and O–H groups in total. The molecule has 146 valence electrons. The lowest BCUT2D eigenvalue weighted by Crippen LogP contribution is -2.29. The summed E-state index contributed by atoms with van der Waals surface area (Å²) in [6, 6.07) is 9.95. The highest BCUT2D eigenvalue weighted by Gasteiger charge is 2.32. The normalized spacial score (nSPS) is 17.4. The van der Waals surface area contributed by atoms with Gasteiger partial charge in [0.2, 0.25) is 5.75 Å². The number of nitrogens with zero attached hydrogens (tertiary/aromatic N) is 4. The first-order valence-electron chi connectivity index (χ1n) is 8.18. The first kappa shape index (κ1) is 18.7. The third kappa shape index (κ3) is 3.68. The Morgan fingerprint density at radius 3 is 2.66 bits per heavy atom. The molecule has 0 spiro atoms. The molecule has 2 aromatic carbocycles. The lowest BCUT2D eigenvalue weighted by molar-refractivity contribution is -0.385. The fraction of sp³-hybridized carbons (Fsp3) is 0.0556. The molecule has 11 heteroatoms. The molecule has 29 heavy (non-hydrogen) atoms. The van der Waals surface area contributed by atoms with Gasteiger partial charge in [-0.05, 0) is 36.4 Å². The van der Waals surface area contributed by atoms with E-state index in [0.29, 0.717) is 16.3 Å². The zero-order valence-electron chi connectivity index (χ0n) is 14.5. The number of aliphatic imine (C=N–C) groups is 2. The van der Waals surface area contributed by atoms with Crippen LogP contribution in [0.5, 0.6) is 11.5 Å². The average molecular weight is 412 g/mol. The number of nitro groups is 1. The molecule has 1 atom stereocenters. The summed E-state index contributed by atoms with van der Waals surface area (Å²) in [7, 11) is 0. The molecule has 0 saturated heterocycles. The molecule has 0 radical (unpaired) electrons. The van der Waals surface area contributed by atoms with Crippen molar-refractivity contribution in [2.75, 3.05) is 0 Å². The average Bonchev–Trinajstić information content (AvgIpc) is 3.14. The Morgan fingerprint density at radius 1 is 1.24 bits per heavy atom. The van der Waals surface area contributed by atoms with Crippen LogP contribution in [0.4, 0.5) is 5.69 Å². The van der Waals surface area contributed by atoms with Crippen molar-refractivity contribution in [1.82, 2.24) is 5.06 Å². The minimum absolute atomic E-state index is 0.00849. The van der Waals surface area contributed by atoms with Gasteiger partial charge in [-0.15, -0.1) is 0 Å². The van der Waals surface area contributed by atoms with Gasteiger partial charge in [-0.25, -0.2) is 19.8 Å². The minimum atomic E-state index is -1.08. The van der Waals surface area contributed by atoms with E-state index in [1.165, 1.54) is 60.7 Å². The van der Waals surface area contributed by atoms with E-state index in [2.05, 4.69) is 9.98 Å². The zero-order chi connectivity index (χ0) is 20.5. The maximum atomic E-state index is 11.5. The Labute approximate surface area is 167 Å². The molecule has 0 aliphatic carbocycles. The Kier molecular flexibility index (Phi) is 4.74. The van der Waals surface area contributed by atoms with Gasteiger partial charge in [0.05, 0.1) is 22.4 Å². The van der Waals surface area contributed by atoms with Crippen LogP contribution in [0.15, 0.2) is 64.3 Å². The van der Waals surface area contributed by atoms with Gasteiger partial charge < -0.3 is 9.84 Å². The van der Waals surface area contributed by atoms with E-state index in [1.54, 1.807) is 6.07 Å². The van der Waals surface area contributed by atoms with Crippen molar-refractivity contribution < 1.29 is 24.8 Å². The SMILES string of the molecule is O=C(O)c1ccc(Oc2ccc(C3=NC4=CN=CN(O)C4S3)cc2[N+](=O)[O-])cc1. The Balaban J connectivity index is 1.62. The van der Waals surface area contributed by atoms with E-state index in [1.807, 2.05) is 0 Å². The lowest BCUT2D eigenvalue weighted by Gasteiger charge is -2.20. The van der Waals surface area contributed by atoms with Crippen molar-refractivity contribution in [2.45, 2.75) is 5.37 Å². The van der Waals surface area contributed by atoms with Crippen LogP contribution in [0.2, 0.25) is 0 Å². The number of thioether (sulfide) groups is 1. The van der Waals surface area contributed by atoms with Crippen molar-refractivity contribution >= 4 is 34.8 Å². The molecule has 10 nitrogen and oxygen atoms in total. The number of carboxylic acid groups (broad SMARTS) is 1. The summed E-state index contributed by atoms with van der Waals surface area (Å²) < 4.78 is 5.57. The minimum Gasteiger partial charge on any atom is -0.478 e. The summed E-state index contributed by atoms with van der Waals surface area (Å²) in [6.07, 6.45) is 2.78. The van der Waals surface area contributed by atoms with Crippen LogP contribution in [0, 0.1) is 10.1 Å². The molecule has 1 unspecified atom stereocenters. The van der Waals surface area contributed by atoms with Gasteiger partial charge in [0.15, 0.2) is 5.37 Å². The van der Waals surface area contributed by atoms with E-state index < -0.39 is 16.3 Å². The number of rotatable bonds is 5. The predicted octanol–water partition coefficient (Wildman–Crippen LogP) is 3.48. The summed E-state index contributed by atoms with van der Waals surface area (Å²) in [5, 5.41) is 31.3. The monoisotopic (exact) mass is 412 g/mol. The fourth-order valence-corrected chi connectivity index (χ4v) is 3.72. The van der Waals surface area contributed by atoms with Crippen molar-refractivity contribution in [3.63, 3.8) is 0 Å². The molecule has 0 saturated carbocycles. The van der Waals surface area contributed by atoms with Crippen LogP contribution in [-0.4, -0.2) is 43.0 Å². The molecule has 0 amide bonds. The molecule has 2 heterocycles. The van der Waals surface area contributed by atoms with Gasteiger partial charge in [-0.3, -0.25) is 15.3 Å².